The monoisotopic (exact) mass is 414 g/mol. The molecule has 29 heavy (non-hydrogen) atoms. The molecule has 0 saturated heterocycles. The van der Waals surface area contributed by atoms with E-state index < -0.39 is 5.91 Å². The van der Waals surface area contributed by atoms with E-state index in [1.807, 2.05) is 30.3 Å². The number of aryl methyl sites for hydroxylation is 1. The van der Waals surface area contributed by atoms with Crippen molar-refractivity contribution in [1.82, 2.24) is 20.6 Å². The van der Waals surface area contributed by atoms with Gasteiger partial charge in [-0.2, -0.15) is 0 Å². The molecular weight excluding hydrogens is 392 g/mol. The molecule has 3 rings (SSSR count). The molecule has 3 aromatic rings. The molecule has 2 heterocycles. The summed E-state index contributed by atoms with van der Waals surface area (Å²) < 4.78 is 4.85. The van der Waals surface area contributed by atoms with Crippen molar-refractivity contribution in [1.29, 1.82) is 0 Å². The van der Waals surface area contributed by atoms with Gasteiger partial charge in [-0.25, -0.2) is 4.98 Å². The first-order valence-electron chi connectivity index (χ1n) is 9.09. The molecule has 0 bridgehead atoms. The summed E-state index contributed by atoms with van der Waals surface area (Å²) in [5, 5.41) is 5.61. The van der Waals surface area contributed by atoms with Crippen molar-refractivity contribution in [2.45, 2.75) is 13.3 Å². The average Bonchev–Trinajstić information content (AvgIpc) is 3.04. The van der Waals surface area contributed by atoms with Gasteiger partial charge in [0, 0.05) is 20.1 Å². The van der Waals surface area contributed by atoms with Crippen molar-refractivity contribution in [3.63, 3.8) is 0 Å². The number of aromatic nitrogens is 2. The SMILES string of the molecule is COCCNC(=O)CNC(=O)c1sc2nc(Cc3ccccc3)[nH]c(=O)c2c1C. The summed E-state index contributed by atoms with van der Waals surface area (Å²) in [6.07, 6.45) is 0.492. The van der Waals surface area contributed by atoms with E-state index >= 15 is 0 Å². The van der Waals surface area contributed by atoms with E-state index in [1.54, 1.807) is 14.0 Å². The first-order chi connectivity index (χ1) is 14.0. The number of carbonyl (C=O) groups is 2. The Morgan fingerprint density at radius 2 is 1.97 bits per heavy atom. The van der Waals surface area contributed by atoms with Crippen LogP contribution in [0.2, 0.25) is 0 Å². The van der Waals surface area contributed by atoms with Crippen LogP contribution in [0.15, 0.2) is 35.1 Å². The van der Waals surface area contributed by atoms with Crippen molar-refractivity contribution in [2.75, 3.05) is 26.8 Å². The van der Waals surface area contributed by atoms with Crippen LogP contribution in [0.3, 0.4) is 0 Å². The zero-order chi connectivity index (χ0) is 20.8. The van der Waals surface area contributed by atoms with E-state index in [9.17, 15) is 14.4 Å². The molecule has 152 valence electrons. The topological polar surface area (TPSA) is 113 Å². The molecule has 8 nitrogen and oxygen atoms in total. The normalized spacial score (nSPS) is 10.8. The summed E-state index contributed by atoms with van der Waals surface area (Å²) in [4.78, 5) is 45.0. The predicted octanol–water partition coefficient (Wildman–Crippen LogP) is 1.38. The zero-order valence-corrected chi connectivity index (χ0v) is 17.0. The van der Waals surface area contributed by atoms with Crippen molar-refractivity contribution in [3.05, 3.63) is 62.5 Å². The second kappa shape index (κ2) is 9.44. The second-order valence-corrected chi connectivity index (χ2v) is 7.44. The van der Waals surface area contributed by atoms with Gasteiger partial charge in [-0.1, -0.05) is 30.3 Å². The Morgan fingerprint density at radius 1 is 1.21 bits per heavy atom. The number of nitrogens with one attached hydrogen (secondary N) is 3. The molecule has 0 radical (unpaired) electrons. The lowest BCUT2D eigenvalue weighted by Crippen LogP contribution is -2.38. The Hall–Kier alpha value is -3.04. The van der Waals surface area contributed by atoms with Crippen molar-refractivity contribution in [3.8, 4) is 0 Å². The van der Waals surface area contributed by atoms with E-state index in [2.05, 4.69) is 20.6 Å². The number of benzene rings is 1. The van der Waals surface area contributed by atoms with Crippen molar-refractivity contribution < 1.29 is 14.3 Å². The highest BCUT2D eigenvalue weighted by atomic mass is 32.1. The number of carbonyl (C=O) groups excluding carboxylic acids is 2. The molecule has 0 aliphatic heterocycles. The standard InChI is InChI=1S/C20H22N4O4S/c1-12-16-18(26)23-14(10-13-6-4-3-5-7-13)24-20(16)29-17(12)19(27)22-11-15(25)21-8-9-28-2/h3-7H,8-11H2,1-2H3,(H,21,25)(H,22,27)(H,23,24,26). The third kappa shape index (κ3) is 5.07. The molecular formula is C20H22N4O4S. The Labute approximate surface area is 171 Å². The van der Waals surface area contributed by atoms with Gasteiger partial charge in [0.05, 0.1) is 23.4 Å². The molecule has 0 aliphatic rings. The fourth-order valence-corrected chi connectivity index (χ4v) is 3.99. The summed E-state index contributed by atoms with van der Waals surface area (Å²) in [7, 11) is 1.54. The third-order valence-corrected chi connectivity index (χ3v) is 5.49. The van der Waals surface area contributed by atoms with Crippen molar-refractivity contribution in [2.24, 2.45) is 0 Å². The van der Waals surface area contributed by atoms with Gasteiger partial charge in [-0.3, -0.25) is 14.4 Å². The summed E-state index contributed by atoms with van der Waals surface area (Å²) in [5.74, 6) is -0.175. The quantitative estimate of drug-likeness (QED) is 0.482. The largest absolute Gasteiger partial charge is 0.383 e. The minimum atomic E-state index is -0.406. The molecule has 9 heteroatoms. The maximum absolute atomic E-state index is 12.6. The highest BCUT2D eigenvalue weighted by Gasteiger charge is 2.19. The predicted molar refractivity (Wildman–Crippen MR) is 111 cm³/mol. The lowest BCUT2D eigenvalue weighted by molar-refractivity contribution is -0.120. The summed E-state index contributed by atoms with van der Waals surface area (Å²) in [6, 6.07) is 9.69. The molecule has 0 atom stereocenters. The molecule has 3 N–H and O–H groups in total. The number of H-pyrrole nitrogens is 1. The van der Waals surface area contributed by atoms with Crippen LogP contribution >= 0.6 is 11.3 Å². The number of methoxy groups -OCH3 is 1. The van der Waals surface area contributed by atoms with Gasteiger partial charge in [-0.05, 0) is 18.1 Å². The fraction of sp³-hybridized carbons (Fsp3) is 0.300. The molecule has 2 amide bonds. The van der Waals surface area contributed by atoms with Gasteiger partial charge in [0.2, 0.25) is 5.91 Å². The van der Waals surface area contributed by atoms with Crippen LogP contribution < -0.4 is 16.2 Å². The average molecular weight is 414 g/mol. The van der Waals surface area contributed by atoms with E-state index in [4.69, 9.17) is 4.74 Å². The van der Waals surface area contributed by atoms with E-state index in [0.717, 1.165) is 16.9 Å². The number of aromatic amines is 1. The highest BCUT2D eigenvalue weighted by molar-refractivity contribution is 7.20. The van der Waals surface area contributed by atoms with E-state index in [-0.39, 0.29) is 18.0 Å². The Balaban J connectivity index is 1.76. The van der Waals surface area contributed by atoms with Gasteiger partial charge in [-0.15, -0.1) is 11.3 Å². The lowest BCUT2D eigenvalue weighted by atomic mass is 10.1. The molecule has 2 aromatic heterocycles. The van der Waals surface area contributed by atoms with Crippen LogP contribution in [0.25, 0.3) is 10.2 Å². The van der Waals surface area contributed by atoms with Crippen LogP contribution in [0.4, 0.5) is 0 Å². The van der Waals surface area contributed by atoms with Crippen LogP contribution in [0, 0.1) is 6.92 Å². The Bertz CT molecular complexity index is 1080. The number of hydrogen-bond acceptors (Lipinski definition) is 6. The van der Waals surface area contributed by atoms with Gasteiger partial charge >= 0.3 is 0 Å². The molecule has 0 aliphatic carbocycles. The number of ether oxygens (including phenoxy) is 1. The number of fused-ring (bicyclic) bond motifs is 1. The summed E-state index contributed by atoms with van der Waals surface area (Å²) in [6.45, 7) is 2.32. The molecule has 0 saturated carbocycles. The molecule has 0 unspecified atom stereocenters. The maximum atomic E-state index is 12.6. The minimum Gasteiger partial charge on any atom is -0.383 e. The smallest absolute Gasteiger partial charge is 0.262 e. The Morgan fingerprint density at radius 3 is 2.69 bits per heavy atom. The minimum absolute atomic E-state index is 0.153. The molecule has 0 spiro atoms. The van der Waals surface area contributed by atoms with Crippen molar-refractivity contribution >= 4 is 33.4 Å². The van der Waals surface area contributed by atoms with Crippen LogP contribution in [0.1, 0.15) is 26.6 Å². The van der Waals surface area contributed by atoms with Crippen LogP contribution in [-0.4, -0.2) is 48.6 Å². The first kappa shape index (κ1) is 20.7. The third-order valence-electron chi connectivity index (χ3n) is 4.31. The number of hydrogen-bond donors (Lipinski definition) is 3. The van der Waals surface area contributed by atoms with E-state index in [0.29, 0.717) is 46.1 Å². The first-order valence-corrected chi connectivity index (χ1v) is 9.91. The summed E-state index contributed by atoms with van der Waals surface area (Å²) >= 11 is 1.15. The van der Waals surface area contributed by atoms with Crippen LogP contribution in [-0.2, 0) is 16.0 Å². The van der Waals surface area contributed by atoms with Crippen LogP contribution in [0.5, 0.6) is 0 Å². The fourth-order valence-electron chi connectivity index (χ4n) is 2.87. The number of amides is 2. The van der Waals surface area contributed by atoms with Gasteiger partial charge < -0.3 is 20.4 Å². The molecule has 0 fully saturated rings. The van der Waals surface area contributed by atoms with Gasteiger partial charge in [0.1, 0.15) is 10.7 Å². The number of rotatable bonds is 8. The highest BCUT2D eigenvalue weighted by Crippen LogP contribution is 2.27. The zero-order valence-electron chi connectivity index (χ0n) is 16.2. The lowest BCUT2D eigenvalue weighted by Gasteiger charge is -2.06. The molecule has 1 aromatic carbocycles. The van der Waals surface area contributed by atoms with Gasteiger partial charge in [0.25, 0.3) is 11.5 Å². The Kier molecular flexibility index (Phi) is 6.73. The van der Waals surface area contributed by atoms with Gasteiger partial charge in [0.15, 0.2) is 0 Å². The summed E-state index contributed by atoms with van der Waals surface area (Å²) in [5.41, 5.74) is 1.31. The van der Waals surface area contributed by atoms with E-state index in [1.165, 1.54) is 0 Å². The number of thiophene rings is 1. The maximum Gasteiger partial charge on any atom is 0.262 e. The second-order valence-electron chi connectivity index (χ2n) is 6.44. The number of nitrogens with zero attached hydrogens (tertiary/aromatic N) is 1.